The third-order valence-electron chi connectivity index (χ3n) is 3.70. The molecule has 0 spiro atoms. The van der Waals surface area contributed by atoms with Crippen molar-refractivity contribution in [1.82, 2.24) is 4.90 Å². The SMILES string of the molecule is CN1CCC(Oc2ccccc2-c2sccc2C(N)=O)C1. The molecular weight excluding hydrogens is 284 g/mol. The molecule has 5 heteroatoms. The molecule has 1 unspecified atom stereocenters. The van der Waals surface area contributed by atoms with Crippen molar-refractivity contribution in [3.05, 3.63) is 41.3 Å². The fraction of sp³-hybridized carbons (Fsp3) is 0.312. The van der Waals surface area contributed by atoms with Gasteiger partial charge in [-0.25, -0.2) is 0 Å². The number of carbonyl (C=O) groups is 1. The highest BCUT2D eigenvalue weighted by Crippen LogP contribution is 2.37. The van der Waals surface area contributed by atoms with Crippen molar-refractivity contribution in [1.29, 1.82) is 0 Å². The molecule has 1 aliphatic rings. The van der Waals surface area contributed by atoms with Crippen LogP contribution in [-0.2, 0) is 0 Å². The summed E-state index contributed by atoms with van der Waals surface area (Å²) in [5.74, 6) is 0.421. The second kappa shape index (κ2) is 5.87. The third-order valence-corrected chi connectivity index (χ3v) is 4.65. The summed E-state index contributed by atoms with van der Waals surface area (Å²) < 4.78 is 6.15. The van der Waals surface area contributed by atoms with Gasteiger partial charge in [-0.2, -0.15) is 0 Å². The Morgan fingerprint density at radius 1 is 1.38 bits per heavy atom. The van der Waals surface area contributed by atoms with E-state index in [0.29, 0.717) is 5.56 Å². The van der Waals surface area contributed by atoms with E-state index < -0.39 is 5.91 Å². The van der Waals surface area contributed by atoms with Crippen LogP contribution < -0.4 is 10.5 Å². The number of hydrogen-bond acceptors (Lipinski definition) is 4. The van der Waals surface area contributed by atoms with E-state index in [-0.39, 0.29) is 6.10 Å². The molecule has 1 fully saturated rings. The molecule has 0 aliphatic carbocycles. The molecule has 4 nitrogen and oxygen atoms in total. The smallest absolute Gasteiger partial charge is 0.250 e. The van der Waals surface area contributed by atoms with Gasteiger partial charge in [0.05, 0.1) is 10.4 Å². The van der Waals surface area contributed by atoms with Crippen LogP contribution in [0.1, 0.15) is 16.8 Å². The number of carbonyl (C=O) groups excluding carboxylic acids is 1. The monoisotopic (exact) mass is 302 g/mol. The molecule has 1 saturated heterocycles. The van der Waals surface area contributed by atoms with Crippen LogP contribution in [0, 0.1) is 0 Å². The molecule has 1 aromatic carbocycles. The first-order valence-corrected chi connectivity index (χ1v) is 7.85. The second-order valence-corrected chi connectivity index (χ2v) is 6.23. The topological polar surface area (TPSA) is 55.6 Å². The van der Waals surface area contributed by atoms with E-state index >= 15 is 0 Å². The van der Waals surface area contributed by atoms with Crippen LogP contribution in [0.4, 0.5) is 0 Å². The zero-order valence-electron chi connectivity index (χ0n) is 11.9. The number of nitrogens with zero attached hydrogens (tertiary/aromatic N) is 1. The summed E-state index contributed by atoms with van der Waals surface area (Å²) in [6, 6.07) is 9.61. The summed E-state index contributed by atoms with van der Waals surface area (Å²) in [7, 11) is 2.10. The first-order valence-electron chi connectivity index (χ1n) is 6.97. The maximum absolute atomic E-state index is 11.5. The molecule has 2 heterocycles. The van der Waals surface area contributed by atoms with E-state index in [1.165, 1.54) is 11.3 Å². The number of likely N-dealkylation sites (tertiary alicyclic amines) is 1. The molecule has 0 bridgehead atoms. The lowest BCUT2D eigenvalue weighted by molar-refractivity contribution is 0.100. The minimum atomic E-state index is -0.401. The Labute approximate surface area is 128 Å². The van der Waals surface area contributed by atoms with Gasteiger partial charge in [0, 0.05) is 18.7 Å². The molecular formula is C16H18N2O2S. The van der Waals surface area contributed by atoms with Gasteiger partial charge in [0.25, 0.3) is 0 Å². The number of rotatable bonds is 4. The molecule has 2 N–H and O–H groups in total. The van der Waals surface area contributed by atoms with Gasteiger partial charge in [0.1, 0.15) is 11.9 Å². The minimum absolute atomic E-state index is 0.202. The zero-order chi connectivity index (χ0) is 14.8. The van der Waals surface area contributed by atoms with Crippen LogP contribution in [0.15, 0.2) is 35.7 Å². The lowest BCUT2D eigenvalue weighted by Crippen LogP contribution is -2.21. The van der Waals surface area contributed by atoms with Crippen LogP contribution in [0.2, 0.25) is 0 Å². The van der Waals surface area contributed by atoms with Gasteiger partial charge in [-0.3, -0.25) is 4.79 Å². The fourth-order valence-corrected chi connectivity index (χ4v) is 3.57. The van der Waals surface area contributed by atoms with Crippen LogP contribution in [-0.4, -0.2) is 37.0 Å². The van der Waals surface area contributed by atoms with Crippen molar-refractivity contribution in [2.75, 3.05) is 20.1 Å². The minimum Gasteiger partial charge on any atom is -0.488 e. The highest BCUT2D eigenvalue weighted by molar-refractivity contribution is 7.14. The van der Waals surface area contributed by atoms with Crippen LogP contribution >= 0.6 is 11.3 Å². The highest BCUT2D eigenvalue weighted by atomic mass is 32.1. The van der Waals surface area contributed by atoms with E-state index in [4.69, 9.17) is 10.5 Å². The number of amides is 1. The number of ether oxygens (including phenoxy) is 1. The Morgan fingerprint density at radius 3 is 2.90 bits per heavy atom. The molecule has 1 atom stereocenters. The Morgan fingerprint density at radius 2 is 2.19 bits per heavy atom. The highest BCUT2D eigenvalue weighted by Gasteiger charge is 2.23. The maximum Gasteiger partial charge on any atom is 0.250 e. The number of thiophene rings is 1. The number of nitrogens with two attached hydrogens (primary N) is 1. The standard InChI is InChI=1S/C16H18N2O2S/c1-18-8-6-11(10-18)20-14-5-3-2-4-12(14)15-13(16(17)19)7-9-21-15/h2-5,7,9,11H,6,8,10H2,1H3,(H2,17,19). The van der Waals surface area contributed by atoms with Gasteiger partial charge in [0.15, 0.2) is 0 Å². The van der Waals surface area contributed by atoms with Crippen LogP contribution in [0.3, 0.4) is 0 Å². The van der Waals surface area contributed by atoms with E-state index in [1.807, 2.05) is 29.6 Å². The van der Waals surface area contributed by atoms with Gasteiger partial charge in [-0.15, -0.1) is 11.3 Å². The summed E-state index contributed by atoms with van der Waals surface area (Å²) in [4.78, 5) is 14.7. The molecule has 1 amide bonds. The van der Waals surface area contributed by atoms with Gasteiger partial charge in [-0.05, 0) is 37.0 Å². The molecule has 21 heavy (non-hydrogen) atoms. The Kier molecular flexibility index (Phi) is 3.94. The Balaban J connectivity index is 1.92. The average molecular weight is 302 g/mol. The first kappa shape index (κ1) is 14.1. The lowest BCUT2D eigenvalue weighted by atomic mass is 10.1. The largest absolute Gasteiger partial charge is 0.488 e. The second-order valence-electron chi connectivity index (χ2n) is 5.31. The normalized spacial score (nSPS) is 18.8. The van der Waals surface area contributed by atoms with E-state index in [2.05, 4.69) is 11.9 Å². The van der Waals surface area contributed by atoms with Gasteiger partial charge < -0.3 is 15.4 Å². The van der Waals surface area contributed by atoms with Gasteiger partial charge in [-0.1, -0.05) is 12.1 Å². The molecule has 2 aromatic rings. The van der Waals surface area contributed by atoms with Crippen molar-refractivity contribution < 1.29 is 9.53 Å². The van der Waals surface area contributed by atoms with Gasteiger partial charge in [0.2, 0.25) is 5.91 Å². The van der Waals surface area contributed by atoms with Crippen molar-refractivity contribution in [2.24, 2.45) is 5.73 Å². The van der Waals surface area contributed by atoms with E-state index in [1.54, 1.807) is 6.07 Å². The number of hydrogen-bond donors (Lipinski definition) is 1. The molecule has 1 aromatic heterocycles. The van der Waals surface area contributed by atoms with Gasteiger partial charge >= 0.3 is 0 Å². The van der Waals surface area contributed by atoms with Crippen molar-refractivity contribution in [2.45, 2.75) is 12.5 Å². The Hall–Kier alpha value is -1.85. The average Bonchev–Trinajstić information content (AvgIpc) is 3.08. The zero-order valence-corrected chi connectivity index (χ0v) is 12.7. The molecule has 0 saturated carbocycles. The summed E-state index contributed by atoms with van der Waals surface area (Å²) in [6.45, 7) is 1.99. The summed E-state index contributed by atoms with van der Waals surface area (Å²) in [5, 5.41) is 1.88. The van der Waals surface area contributed by atoms with E-state index in [0.717, 1.165) is 35.7 Å². The van der Waals surface area contributed by atoms with Crippen LogP contribution in [0.25, 0.3) is 10.4 Å². The number of primary amides is 1. The number of para-hydroxylation sites is 1. The van der Waals surface area contributed by atoms with E-state index in [9.17, 15) is 4.79 Å². The first-order chi connectivity index (χ1) is 10.1. The Bertz CT molecular complexity index is 653. The van der Waals surface area contributed by atoms with Crippen molar-refractivity contribution in [3.8, 4) is 16.2 Å². The predicted molar refractivity (Wildman–Crippen MR) is 84.8 cm³/mol. The van der Waals surface area contributed by atoms with Crippen LogP contribution in [0.5, 0.6) is 5.75 Å². The molecule has 110 valence electrons. The maximum atomic E-state index is 11.5. The summed E-state index contributed by atoms with van der Waals surface area (Å²) in [6.07, 6.45) is 1.23. The summed E-state index contributed by atoms with van der Waals surface area (Å²) in [5.41, 5.74) is 6.94. The lowest BCUT2D eigenvalue weighted by Gasteiger charge is -2.16. The summed E-state index contributed by atoms with van der Waals surface area (Å²) >= 11 is 1.51. The quantitative estimate of drug-likeness (QED) is 0.944. The fourth-order valence-electron chi connectivity index (χ4n) is 2.64. The number of benzene rings is 1. The molecule has 0 radical (unpaired) electrons. The van der Waals surface area contributed by atoms with Crippen molar-refractivity contribution in [3.63, 3.8) is 0 Å². The predicted octanol–water partition coefficient (Wildman–Crippen LogP) is 2.60. The molecule has 3 rings (SSSR count). The van der Waals surface area contributed by atoms with Crippen molar-refractivity contribution >= 4 is 17.2 Å². The number of likely N-dealkylation sites (N-methyl/N-ethyl adjacent to an activating group) is 1. The third kappa shape index (κ3) is 2.94. The molecule has 1 aliphatic heterocycles.